The Morgan fingerprint density at radius 3 is 2.50 bits per heavy atom. The molecule has 184 valence electrons. The van der Waals surface area contributed by atoms with Gasteiger partial charge in [-0.25, -0.2) is 0 Å². The van der Waals surface area contributed by atoms with E-state index in [1.165, 1.54) is 25.7 Å². The van der Waals surface area contributed by atoms with Gasteiger partial charge in [0.25, 0.3) is 5.91 Å². The van der Waals surface area contributed by atoms with Crippen LogP contribution in [0.15, 0.2) is 0 Å². The van der Waals surface area contributed by atoms with E-state index in [1.807, 2.05) is 0 Å². The zero-order valence-corrected chi connectivity index (χ0v) is 21.6. The van der Waals surface area contributed by atoms with Crippen LogP contribution in [-0.4, -0.2) is 24.5 Å². The van der Waals surface area contributed by atoms with Crippen molar-refractivity contribution in [3.63, 3.8) is 0 Å². The van der Waals surface area contributed by atoms with E-state index in [9.17, 15) is 9.59 Å². The SMILES string of the molecule is C[C@@H]1[C@@H](NC(=O)c2c(NC(=O)C34CC5CC(CC3C5)C4)sc3c2CCOC3)C[C@@H]2C[C@H]1C2(C)C. The number of rotatable bonds is 4. The number of hydrogen-bond donors (Lipinski definition) is 2. The van der Waals surface area contributed by atoms with Crippen LogP contribution in [0.5, 0.6) is 0 Å². The standard InChI is InChI=1S/C28H38N2O3S/c1-14-20-9-17(27(20,2)3)10-21(14)29-24(31)23-19-4-5-33-13-22(19)34-25(23)30-26(32)28-11-15-6-16(12-28)8-18(28)7-15/h14-18,20-21H,4-13H2,1-3H3,(H,29,31)(H,30,32)/t14-,15?,16?,17-,18?,20+,21-,28?/m0/s1. The van der Waals surface area contributed by atoms with Crippen LogP contribution >= 0.6 is 11.3 Å². The molecule has 5 nitrogen and oxygen atoms in total. The van der Waals surface area contributed by atoms with E-state index in [2.05, 4.69) is 31.4 Å². The van der Waals surface area contributed by atoms with Gasteiger partial charge in [0.2, 0.25) is 5.91 Å². The summed E-state index contributed by atoms with van der Waals surface area (Å²) in [6, 6.07) is 0.225. The molecule has 7 fully saturated rings. The Morgan fingerprint density at radius 1 is 1.03 bits per heavy atom. The number of nitrogens with one attached hydrogen (secondary N) is 2. The van der Waals surface area contributed by atoms with E-state index in [0.717, 1.165) is 58.5 Å². The molecule has 2 unspecified atom stereocenters. The van der Waals surface area contributed by atoms with Gasteiger partial charge >= 0.3 is 0 Å². The van der Waals surface area contributed by atoms with Crippen LogP contribution in [0.4, 0.5) is 5.00 Å². The Bertz CT molecular complexity index is 1050. The average molecular weight is 483 g/mol. The van der Waals surface area contributed by atoms with E-state index in [-0.39, 0.29) is 23.3 Å². The van der Waals surface area contributed by atoms with Gasteiger partial charge in [0.1, 0.15) is 5.00 Å². The highest BCUT2D eigenvalue weighted by molar-refractivity contribution is 7.17. The van der Waals surface area contributed by atoms with Gasteiger partial charge in [-0.1, -0.05) is 20.8 Å². The van der Waals surface area contributed by atoms with Gasteiger partial charge in [-0.2, -0.15) is 0 Å². The van der Waals surface area contributed by atoms with Crippen LogP contribution in [0.3, 0.4) is 0 Å². The average Bonchev–Trinajstić information content (AvgIpc) is 3.37. The molecule has 1 aromatic rings. The summed E-state index contributed by atoms with van der Waals surface area (Å²) in [6.07, 6.45) is 9.00. The minimum atomic E-state index is -0.187. The Balaban J connectivity index is 1.15. The number of ether oxygens (including phenoxy) is 1. The summed E-state index contributed by atoms with van der Waals surface area (Å²) in [5, 5.41) is 7.54. The first-order valence-electron chi connectivity index (χ1n) is 13.6. The first-order valence-corrected chi connectivity index (χ1v) is 14.4. The van der Waals surface area contributed by atoms with E-state index in [0.29, 0.717) is 42.3 Å². The zero-order chi connectivity index (χ0) is 23.4. The fraction of sp³-hybridized carbons (Fsp3) is 0.786. The summed E-state index contributed by atoms with van der Waals surface area (Å²) >= 11 is 1.57. The van der Waals surface area contributed by atoms with Crippen LogP contribution in [-0.2, 0) is 22.6 Å². The zero-order valence-electron chi connectivity index (χ0n) is 20.7. The van der Waals surface area contributed by atoms with Crippen LogP contribution < -0.4 is 10.6 Å². The van der Waals surface area contributed by atoms with Crippen molar-refractivity contribution in [1.82, 2.24) is 5.32 Å². The molecular weight excluding hydrogens is 444 g/mol. The third-order valence-electron chi connectivity index (χ3n) is 11.4. The summed E-state index contributed by atoms with van der Waals surface area (Å²) < 4.78 is 5.71. The quantitative estimate of drug-likeness (QED) is 0.605. The fourth-order valence-electron chi connectivity index (χ4n) is 9.54. The number of hydrogen-bond acceptors (Lipinski definition) is 4. The Labute approximate surface area is 206 Å². The molecule has 1 aromatic heterocycles. The number of thiophene rings is 1. The highest BCUT2D eigenvalue weighted by Gasteiger charge is 2.61. The lowest BCUT2D eigenvalue weighted by molar-refractivity contribution is -0.127. The molecule has 1 aliphatic heterocycles. The van der Waals surface area contributed by atoms with Crippen molar-refractivity contribution in [3.05, 3.63) is 16.0 Å². The van der Waals surface area contributed by atoms with Gasteiger partial charge in [-0.15, -0.1) is 11.3 Å². The minimum Gasteiger partial charge on any atom is -0.376 e. The van der Waals surface area contributed by atoms with Crippen LogP contribution in [0.1, 0.15) is 86.5 Å². The Hall–Kier alpha value is -1.40. The van der Waals surface area contributed by atoms with Crippen molar-refractivity contribution in [2.45, 2.75) is 84.8 Å². The van der Waals surface area contributed by atoms with E-state index in [4.69, 9.17) is 4.74 Å². The second-order valence-electron chi connectivity index (χ2n) is 13.2. The first kappa shape index (κ1) is 21.8. The van der Waals surface area contributed by atoms with Gasteiger partial charge < -0.3 is 15.4 Å². The number of anilines is 1. The lowest BCUT2D eigenvalue weighted by Gasteiger charge is -2.62. The molecule has 7 saturated carbocycles. The van der Waals surface area contributed by atoms with Crippen LogP contribution in [0, 0.1) is 46.3 Å². The summed E-state index contributed by atoms with van der Waals surface area (Å²) in [5.74, 6) is 4.10. The number of carbonyl (C=O) groups excluding carboxylic acids is 2. The van der Waals surface area contributed by atoms with Crippen molar-refractivity contribution < 1.29 is 14.3 Å². The summed E-state index contributed by atoms with van der Waals surface area (Å²) in [7, 11) is 0. The largest absolute Gasteiger partial charge is 0.376 e. The van der Waals surface area contributed by atoms with Gasteiger partial charge in [0, 0.05) is 10.9 Å². The maximum Gasteiger partial charge on any atom is 0.254 e. The molecule has 2 amide bonds. The second-order valence-corrected chi connectivity index (χ2v) is 14.3. The minimum absolute atomic E-state index is 0.0143. The lowest BCUT2D eigenvalue weighted by atomic mass is 9.45. The van der Waals surface area contributed by atoms with Gasteiger partial charge in [0.15, 0.2) is 0 Å². The Kier molecular flexibility index (Phi) is 4.70. The molecule has 0 aromatic carbocycles. The molecule has 2 N–H and O–H groups in total. The fourth-order valence-corrected chi connectivity index (χ4v) is 10.7. The number of fused-ring (bicyclic) bond motifs is 3. The van der Waals surface area contributed by atoms with Crippen LogP contribution in [0.2, 0.25) is 0 Å². The van der Waals surface area contributed by atoms with Gasteiger partial charge in [0.05, 0.1) is 24.2 Å². The van der Waals surface area contributed by atoms with Gasteiger partial charge in [-0.3, -0.25) is 9.59 Å². The topological polar surface area (TPSA) is 67.4 Å². The highest BCUT2D eigenvalue weighted by atomic mass is 32.1. The molecule has 7 aliphatic carbocycles. The molecule has 6 atom stereocenters. The molecule has 2 heterocycles. The lowest BCUT2D eigenvalue weighted by Crippen LogP contribution is -2.60. The summed E-state index contributed by atoms with van der Waals surface area (Å²) in [6.45, 7) is 8.30. The molecule has 0 spiro atoms. The van der Waals surface area contributed by atoms with E-state index >= 15 is 0 Å². The third-order valence-corrected chi connectivity index (χ3v) is 12.5. The summed E-state index contributed by atoms with van der Waals surface area (Å²) in [5.41, 5.74) is 2.05. The normalized spacial score (nSPS) is 42.7. The van der Waals surface area contributed by atoms with Crippen molar-refractivity contribution in [3.8, 4) is 0 Å². The molecular formula is C28H38N2O3S. The maximum atomic E-state index is 13.8. The molecule has 0 saturated heterocycles. The highest BCUT2D eigenvalue weighted by Crippen LogP contribution is 2.66. The van der Waals surface area contributed by atoms with Gasteiger partial charge in [-0.05, 0) is 97.9 Å². The molecule has 6 heteroatoms. The molecule has 9 rings (SSSR count). The van der Waals surface area contributed by atoms with Crippen molar-refractivity contribution in [2.24, 2.45) is 46.3 Å². The predicted molar refractivity (Wildman–Crippen MR) is 133 cm³/mol. The smallest absolute Gasteiger partial charge is 0.254 e. The second kappa shape index (κ2) is 7.32. The van der Waals surface area contributed by atoms with E-state index in [1.54, 1.807) is 11.3 Å². The monoisotopic (exact) mass is 482 g/mol. The molecule has 8 aliphatic rings. The first-order chi connectivity index (χ1) is 16.3. The van der Waals surface area contributed by atoms with E-state index < -0.39 is 0 Å². The number of amides is 2. The molecule has 0 radical (unpaired) electrons. The molecule has 6 bridgehead atoms. The summed E-state index contributed by atoms with van der Waals surface area (Å²) in [4.78, 5) is 28.7. The van der Waals surface area contributed by atoms with Crippen molar-refractivity contribution in [1.29, 1.82) is 0 Å². The molecule has 34 heavy (non-hydrogen) atoms. The van der Waals surface area contributed by atoms with Crippen LogP contribution in [0.25, 0.3) is 0 Å². The maximum absolute atomic E-state index is 13.8. The Morgan fingerprint density at radius 2 is 1.79 bits per heavy atom. The van der Waals surface area contributed by atoms with Crippen molar-refractivity contribution >= 4 is 28.2 Å². The predicted octanol–water partition coefficient (Wildman–Crippen LogP) is 5.39. The van der Waals surface area contributed by atoms with Crippen molar-refractivity contribution in [2.75, 3.05) is 11.9 Å². The third kappa shape index (κ3) is 2.93. The number of carbonyl (C=O) groups is 2.